The molecule has 2 nitrogen and oxygen atoms in total. The van der Waals surface area contributed by atoms with Crippen molar-refractivity contribution in [3.8, 4) is 0 Å². The first kappa shape index (κ1) is 11.7. The van der Waals surface area contributed by atoms with Crippen molar-refractivity contribution in [2.24, 2.45) is 5.73 Å². The standard InChI is InChI=1S/C12H16ClFN2/c13-8-4-5-12(11(14)6-8)16-10-3-1-2-9(15)7-10/h4-6,9-10,16H,1-3,7,15H2. The van der Waals surface area contributed by atoms with Gasteiger partial charge in [0.05, 0.1) is 5.69 Å². The van der Waals surface area contributed by atoms with Crippen molar-refractivity contribution in [3.05, 3.63) is 29.0 Å². The van der Waals surface area contributed by atoms with Gasteiger partial charge in [0.2, 0.25) is 0 Å². The average Bonchev–Trinajstić information content (AvgIpc) is 2.22. The molecule has 1 saturated carbocycles. The van der Waals surface area contributed by atoms with Crippen LogP contribution in [-0.2, 0) is 0 Å². The Morgan fingerprint density at radius 3 is 2.88 bits per heavy atom. The van der Waals surface area contributed by atoms with Gasteiger partial charge in [-0.1, -0.05) is 11.6 Å². The molecule has 0 amide bonds. The Morgan fingerprint density at radius 1 is 1.38 bits per heavy atom. The first-order valence-electron chi connectivity index (χ1n) is 5.62. The van der Waals surface area contributed by atoms with Crippen molar-refractivity contribution < 1.29 is 4.39 Å². The summed E-state index contributed by atoms with van der Waals surface area (Å²) in [7, 11) is 0. The van der Waals surface area contributed by atoms with Crippen LogP contribution in [0, 0.1) is 5.82 Å². The minimum absolute atomic E-state index is 0.238. The Hall–Kier alpha value is -0.800. The van der Waals surface area contributed by atoms with Crippen LogP contribution < -0.4 is 11.1 Å². The Bertz CT molecular complexity index is 370. The third kappa shape index (κ3) is 2.86. The van der Waals surface area contributed by atoms with E-state index in [0.717, 1.165) is 25.7 Å². The molecule has 3 N–H and O–H groups in total. The zero-order chi connectivity index (χ0) is 11.5. The predicted molar refractivity (Wildman–Crippen MR) is 65.3 cm³/mol. The molecule has 1 fully saturated rings. The zero-order valence-electron chi connectivity index (χ0n) is 9.05. The summed E-state index contributed by atoms with van der Waals surface area (Å²) in [5.41, 5.74) is 6.40. The van der Waals surface area contributed by atoms with E-state index in [1.165, 1.54) is 6.07 Å². The van der Waals surface area contributed by atoms with E-state index in [2.05, 4.69) is 5.32 Å². The van der Waals surface area contributed by atoms with Gasteiger partial charge in [0.15, 0.2) is 0 Å². The quantitative estimate of drug-likeness (QED) is 0.836. The fraction of sp³-hybridized carbons (Fsp3) is 0.500. The van der Waals surface area contributed by atoms with Gasteiger partial charge in [0.25, 0.3) is 0 Å². The van der Waals surface area contributed by atoms with Gasteiger partial charge in [-0.25, -0.2) is 4.39 Å². The Labute approximate surface area is 100.0 Å². The highest BCUT2D eigenvalue weighted by molar-refractivity contribution is 6.30. The van der Waals surface area contributed by atoms with Crippen molar-refractivity contribution in [2.75, 3.05) is 5.32 Å². The second-order valence-corrected chi connectivity index (χ2v) is 4.83. The van der Waals surface area contributed by atoms with Gasteiger partial charge in [0.1, 0.15) is 5.82 Å². The van der Waals surface area contributed by atoms with Crippen molar-refractivity contribution in [3.63, 3.8) is 0 Å². The minimum atomic E-state index is -0.299. The SMILES string of the molecule is NC1CCCC(Nc2ccc(Cl)cc2F)C1. The smallest absolute Gasteiger partial charge is 0.147 e. The topological polar surface area (TPSA) is 38.0 Å². The number of anilines is 1. The summed E-state index contributed by atoms with van der Waals surface area (Å²) in [5, 5.41) is 3.61. The van der Waals surface area contributed by atoms with Gasteiger partial charge in [-0.3, -0.25) is 0 Å². The lowest BCUT2D eigenvalue weighted by Gasteiger charge is -2.28. The number of hydrogen-bond donors (Lipinski definition) is 2. The summed E-state index contributed by atoms with van der Waals surface area (Å²) < 4.78 is 13.5. The molecular weight excluding hydrogens is 227 g/mol. The van der Waals surface area contributed by atoms with Gasteiger partial charge in [-0.15, -0.1) is 0 Å². The molecule has 4 heteroatoms. The fourth-order valence-electron chi connectivity index (χ4n) is 2.19. The maximum absolute atomic E-state index is 13.5. The van der Waals surface area contributed by atoms with Crippen LogP contribution in [0.3, 0.4) is 0 Å². The van der Waals surface area contributed by atoms with E-state index in [0.29, 0.717) is 10.7 Å². The fourth-order valence-corrected chi connectivity index (χ4v) is 2.34. The largest absolute Gasteiger partial charge is 0.380 e. The normalized spacial score (nSPS) is 25.4. The maximum atomic E-state index is 13.5. The molecule has 2 rings (SSSR count). The molecule has 88 valence electrons. The number of nitrogens with one attached hydrogen (secondary N) is 1. The van der Waals surface area contributed by atoms with Crippen LogP contribution in [-0.4, -0.2) is 12.1 Å². The Kier molecular flexibility index (Phi) is 3.66. The number of nitrogens with two attached hydrogens (primary N) is 1. The lowest BCUT2D eigenvalue weighted by atomic mass is 9.91. The lowest BCUT2D eigenvalue weighted by molar-refractivity contribution is 0.408. The van der Waals surface area contributed by atoms with E-state index < -0.39 is 0 Å². The molecule has 2 unspecified atom stereocenters. The molecule has 1 aromatic carbocycles. The lowest BCUT2D eigenvalue weighted by Crippen LogP contribution is -2.35. The highest BCUT2D eigenvalue weighted by Crippen LogP contribution is 2.24. The second-order valence-electron chi connectivity index (χ2n) is 4.39. The Balaban J connectivity index is 2.02. The van der Waals surface area contributed by atoms with Crippen LogP contribution >= 0.6 is 11.6 Å². The molecule has 0 saturated heterocycles. The molecule has 1 aromatic rings. The highest BCUT2D eigenvalue weighted by Gasteiger charge is 2.19. The van der Waals surface area contributed by atoms with Crippen LogP contribution in [0.5, 0.6) is 0 Å². The van der Waals surface area contributed by atoms with Gasteiger partial charge in [0, 0.05) is 17.1 Å². The molecule has 1 aliphatic rings. The number of benzene rings is 1. The van der Waals surface area contributed by atoms with Crippen LogP contribution in [0.25, 0.3) is 0 Å². The number of rotatable bonds is 2. The van der Waals surface area contributed by atoms with E-state index in [1.807, 2.05) is 0 Å². The van der Waals surface area contributed by atoms with E-state index in [4.69, 9.17) is 17.3 Å². The van der Waals surface area contributed by atoms with Crippen molar-refractivity contribution >= 4 is 17.3 Å². The summed E-state index contributed by atoms with van der Waals surface area (Å²) in [6.07, 6.45) is 4.13. The molecule has 0 heterocycles. The summed E-state index contributed by atoms with van der Waals surface area (Å²) in [4.78, 5) is 0. The van der Waals surface area contributed by atoms with Crippen LogP contribution in [0.4, 0.5) is 10.1 Å². The summed E-state index contributed by atoms with van der Waals surface area (Å²) in [5.74, 6) is -0.299. The number of halogens is 2. The molecule has 0 aliphatic heterocycles. The molecular formula is C12H16ClFN2. The average molecular weight is 243 g/mol. The second kappa shape index (κ2) is 5.02. The third-order valence-corrected chi connectivity index (χ3v) is 3.24. The maximum Gasteiger partial charge on any atom is 0.147 e. The molecule has 0 radical (unpaired) electrons. The van der Waals surface area contributed by atoms with E-state index in [1.54, 1.807) is 12.1 Å². The Morgan fingerprint density at radius 2 is 2.19 bits per heavy atom. The molecule has 16 heavy (non-hydrogen) atoms. The van der Waals surface area contributed by atoms with Crippen molar-refractivity contribution in [1.82, 2.24) is 0 Å². The molecule has 0 aromatic heterocycles. The minimum Gasteiger partial charge on any atom is -0.380 e. The monoisotopic (exact) mass is 242 g/mol. The first-order valence-corrected chi connectivity index (χ1v) is 6.00. The summed E-state index contributed by atoms with van der Waals surface area (Å²) >= 11 is 5.70. The first-order chi connectivity index (χ1) is 7.65. The van der Waals surface area contributed by atoms with Gasteiger partial charge in [-0.2, -0.15) is 0 Å². The van der Waals surface area contributed by atoms with E-state index in [-0.39, 0.29) is 17.9 Å². The third-order valence-electron chi connectivity index (χ3n) is 3.01. The summed E-state index contributed by atoms with van der Waals surface area (Å²) in [6.45, 7) is 0. The van der Waals surface area contributed by atoms with E-state index in [9.17, 15) is 4.39 Å². The van der Waals surface area contributed by atoms with Gasteiger partial charge < -0.3 is 11.1 Å². The molecule has 2 atom stereocenters. The summed E-state index contributed by atoms with van der Waals surface area (Å²) in [6, 6.07) is 5.21. The molecule has 1 aliphatic carbocycles. The molecule has 0 spiro atoms. The van der Waals surface area contributed by atoms with Gasteiger partial charge >= 0.3 is 0 Å². The van der Waals surface area contributed by atoms with E-state index >= 15 is 0 Å². The zero-order valence-corrected chi connectivity index (χ0v) is 9.80. The predicted octanol–water partition coefficient (Wildman–Crippen LogP) is 3.16. The highest BCUT2D eigenvalue weighted by atomic mass is 35.5. The van der Waals surface area contributed by atoms with Crippen LogP contribution in [0.15, 0.2) is 18.2 Å². The van der Waals surface area contributed by atoms with Crippen molar-refractivity contribution in [2.45, 2.75) is 37.8 Å². The van der Waals surface area contributed by atoms with Crippen LogP contribution in [0.1, 0.15) is 25.7 Å². The van der Waals surface area contributed by atoms with Crippen LogP contribution in [0.2, 0.25) is 5.02 Å². The number of hydrogen-bond acceptors (Lipinski definition) is 2. The van der Waals surface area contributed by atoms with Gasteiger partial charge in [-0.05, 0) is 43.9 Å². The van der Waals surface area contributed by atoms with Crippen molar-refractivity contribution in [1.29, 1.82) is 0 Å². The molecule has 0 bridgehead atoms.